The van der Waals surface area contributed by atoms with Crippen LogP contribution in [0.15, 0.2) is 51.9 Å². The van der Waals surface area contributed by atoms with Crippen molar-refractivity contribution in [3.8, 4) is 11.5 Å². The van der Waals surface area contributed by atoms with Gasteiger partial charge in [-0.2, -0.15) is 4.98 Å². The Labute approximate surface area is 203 Å². The zero-order chi connectivity index (χ0) is 24.6. The number of hydrogen-bond acceptors (Lipinski definition) is 8. The highest BCUT2D eigenvalue weighted by Gasteiger charge is 2.31. The summed E-state index contributed by atoms with van der Waals surface area (Å²) >= 11 is 0. The van der Waals surface area contributed by atoms with Crippen molar-refractivity contribution in [3.63, 3.8) is 0 Å². The number of hydrogen-bond donors (Lipinski definition) is 2. The minimum atomic E-state index is -3.86. The molecule has 0 radical (unpaired) electrons. The molecule has 2 N–H and O–H groups in total. The molecule has 1 aromatic heterocycles. The molecule has 1 amide bonds. The molecule has 5 rings (SSSR count). The van der Waals surface area contributed by atoms with Gasteiger partial charge in [-0.1, -0.05) is 19.0 Å². The number of benzene rings is 2. The molecular weight excluding hydrogens is 472 g/mol. The Morgan fingerprint density at radius 1 is 1.03 bits per heavy atom. The van der Waals surface area contributed by atoms with Crippen molar-refractivity contribution in [3.05, 3.63) is 59.7 Å². The first-order chi connectivity index (χ1) is 16.8. The molecule has 35 heavy (non-hydrogen) atoms. The largest absolute Gasteiger partial charge is 0.486 e. The lowest BCUT2D eigenvalue weighted by Crippen LogP contribution is -2.32. The minimum Gasteiger partial charge on any atom is -0.486 e. The van der Waals surface area contributed by atoms with Crippen LogP contribution in [0.3, 0.4) is 0 Å². The number of sulfonamides is 1. The minimum absolute atomic E-state index is 0.0310. The number of fused-ring (bicyclic) bond motifs is 1. The van der Waals surface area contributed by atoms with Crippen LogP contribution < -0.4 is 19.5 Å². The van der Waals surface area contributed by atoms with Gasteiger partial charge < -0.3 is 19.3 Å². The lowest BCUT2D eigenvalue weighted by Gasteiger charge is -2.19. The number of anilines is 1. The molecule has 2 aliphatic rings. The zero-order valence-electron chi connectivity index (χ0n) is 19.4. The quantitative estimate of drug-likeness (QED) is 0.481. The van der Waals surface area contributed by atoms with Crippen LogP contribution in [0.1, 0.15) is 60.7 Å². The summed E-state index contributed by atoms with van der Waals surface area (Å²) in [5.74, 6) is 2.04. The fourth-order valence-electron chi connectivity index (χ4n) is 3.71. The summed E-state index contributed by atoms with van der Waals surface area (Å²) in [7, 11) is -3.86. The molecule has 0 saturated heterocycles. The maximum absolute atomic E-state index is 12.9. The van der Waals surface area contributed by atoms with E-state index in [9.17, 15) is 13.2 Å². The highest BCUT2D eigenvalue weighted by Crippen LogP contribution is 2.39. The van der Waals surface area contributed by atoms with E-state index in [0.717, 1.165) is 12.8 Å². The van der Waals surface area contributed by atoms with Crippen molar-refractivity contribution in [2.24, 2.45) is 5.92 Å². The molecule has 2 aromatic carbocycles. The van der Waals surface area contributed by atoms with Gasteiger partial charge in [-0.25, -0.2) is 8.42 Å². The first-order valence-corrected chi connectivity index (χ1v) is 13.0. The third kappa shape index (κ3) is 5.09. The summed E-state index contributed by atoms with van der Waals surface area (Å²) < 4.78 is 44.5. The summed E-state index contributed by atoms with van der Waals surface area (Å²) in [6, 6.07) is 10.2. The van der Waals surface area contributed by atoms with Gasteiger partial charge in [0.25, 0.3) is 15.9 Å². The standard InChI is InChI=1S/C24H26N4O6S/c1-14(2)21(24-26-22(27-34-24)15-3-4-15)25-23(29)16-5-7-17(8-6-16)28-35(30,31)18-9-10-19-20(13-18)33-12-11-32-19/h5-10,13-15,21,28H,3-4,11-12H2,1-2H3,(H,25,29). The molecule has 0 bridgehead atoms. The number of aromatic nitrogens is 2. The van der Waals surface area contributed by atoms with Crippen LogP contribution in [-0.4, -0.2) is 37.7 Å². The Morgan fingerprint density at radius 2 is 1.74 bits per heavy atom. The number of ether oxygens (including phenoxy) is 2. The van der Waals surface area contributed by atoms with E-state index in [-0.39, 0.29) is 16.7 Å². The Hall–Kier alpha value is -3.60. The third-order valence-electron chi connectivity index (χ3n) is 5.84. The average Bonchev–Trinajstić information content (AvgIpc) is 3.59. The number of rotatable bonds is 8. The van der Waals surface area contributed by atoms with E-state index in [0.29, 0.717) is 53.6 Å². The van der Waals surface area contributed by atoms with Gasteiger partial charge in [0.15, 0.2) is 17.3 Å². The van der Waals surface area contributed by atoms with Crippen LogP contribution in [0.5, 0.6) is 11.5 Å². The SMILES string of the molecule is CC(C)C(NC(=O)c1ccc(NS(=O)(=O)c2ccc3c(c2)OCCO3)cc1)c1nc(C2CC2)no1. The van der Waals surface area contributed by atoms with E-state index in [2.05, 4.69) is 20.2 Å². The Balaban J connectivity index is 1.26. The molecule has 0 spiro atoms. The van der Waals surface area contributed by atoms with Crippen molar-refractivity contribution in [2.75, 3.05) is 17.9 Å². The van der Waals surface area contributed by atoms with Gasteiger partial charge in [-0.15, -0.1) is 0 Å². The van der Waals surface area contributed by atoms with Gasteiger partial charge in [-0.05, 0) is 55.2 Å². The number of nitrogens with one attached hydrogen (secondary N) is 2. The Kier molecular flexibility index (Phi) is 6.10. The molecule has 1 unspecified atom stereocenters. The molecule has 1 atom stereocenters. The molecule has 1 aliphatic carbocycles. The fraction of sp³-hybridized carbons (Fsp3) is 0.375. The van der Waals surface area contributed by atoms with Gasteiger partial charge in [0, 0.05) is 23.2 Å². The Morgan fingerprint density at radius 3 is 2.43 bits per heavy atom. The van der Waals surface area contributed by atoms with Crippen LogP contribution >= 0.6 is 0 Å². The second kappa shape index (κ2) is 9.21. The van der Waals surface area contributed by atoms with Crippen LogP contribution in [0, 0.1) is 5.92 Å². The molecule has 1 saturated carbocycles. The maximum atomic E-state index is 12.9. The van der Waals surface area contributed by atoms with Crippen LogP contribution in [-0.2, 0) is 10.0 Å². The normalized spacial score (nSPS) is 16.1. The van der Waals surface area contributed by atoms with Gasteiger partial charge in [0.2, 0.25) is 5.89 Å². The van der Waals surface area contributed by atoms with Crippen molar-refractivity contribution >= 4 is 21.6 Å². The summed E-state index contributed by atoms with van der Waals surface area (Å²) in [5, 5.41) is 6.98. The highest BCUT2D eigenvalue weighted by atomic mass is 32.2. The van der Waals surface area contributed by atoms with Gasteiger partial charge >= 0.3 is 0 Å². The molecule has 184 valence electrons. The highest BCUT2D eigenvalue weighted by molar-refractivity contribution is 7.92. The smallest absolute Gasteiger partial charge is 0.262 e. The lowest BCUT2D eigenvalue weighted by molar-refractivity contribution is 0.0914. The first kappa shape index (κ1) is 23.2. The average molecular weight is 499 g/mol. The van der Waals surface area contributed by atoms with E-state index < -0.39 is 16.1 Å². The van der Waals surface area contributed by atoms with E-state index in [4.69, 9.17) is 14.0 Å². The van der Waals surface area contributed by atoms with E-state index in [1.165, 1.54) is 24.3 Å². The topological polar surface area (TPSA) is 133 Å². The maximum Gasteiger partial charge on any atom is 0.262 e. The molecule has 1 fully saturated rings. The number of carbonyl (C=O) groups excluding carboxylic acids is 1. The van der Waals surface area contributed by atoms with Gasteiger partial charge in [-0.3, -0.25) is 9.52 Å². The fourth-order valence-corrected chi connectivity index (χ4v) is 4.79. The number of carbonyl (C=O) groups is 1. The molecule has 1 aliphatic heterocycles. The number of amides is 1. The monoisotopic (exact) mass is 498 g/mol. The Bertz CT molecular complexity index is 1330. The predicted molar refractivity (Wildman–Crippen MR) is 126 cm³/mol. The molecule has 2 heterocycles. The molecular formula is C24H26N4O6S. The van der Waals surface area contributed by atoms with Gasteiger partial charge in [0.05, 0.1) is 4.90 Å². The number of nitrogens with zero attached hydrogens (tertiary/aromatic N) is 2. The predicted octanol–water partition coefficient (Wildman–Crippen LogP) is 3.65. The van der Waals surface area contributed by atoms with E-state index >= 15 is 0 Å². The van der Waals surface area contributed by atoms with Gasteiger partial charge in [0.1, 0.15) is 19.3 Å². The summed E-state index contributed by atoms with van der Waals surface area (Å²) in [5.41, 5.74) is 0.697. The molecule has 11 heteroatoms. The van der Waals surface area contributed by atoms with Crippen molar-refractivity contribution in [2.45, 2.75) is 43.5 Å². The second-order valence-corrected chi connectivity index (χ2v) is 10.6. The van der Waals surface area contributed by atoms with Crippen molar-refractivity contribution in [1.82, 2.24) is 15.5 Å². The lowest BCUT2D eigenvalue weighted by atomic mass is 10.0. The van der Waals surface area contributed by atoms with Crippen LogP contribution in [0.25, 0.3) is 0 Å². The summed E-state index contributed by atoms with van der Waals surface area (Å²) in [6.45, 7) is 4.70. The third-order valence-corrected chi connectivity index (χ3v) is 7.22. The van der Waals surface area contributed by atoms with Crippen LogP contribution in [0.4, 0.5) is 5.69 Å². The summed E-state index contributed by atoms with van der Waals surface area (Å²) in [4.78, 5) is 17.4. The molecule has 10 nitrogen and oxygen atoms in total. The first-order valence-electron chi connectivity index (χ1n) is 11.5. The van der Waals surface area contributed by atoms with E-state index in [1.807, 2.05) is 13.8 Å². The van der Waals surface area contributed by atoms with E-state index in [1.54, 1.807) is 18.2 Å². The second-order valence-electron chi connectivity index (χ2n) is 8.95. The zero-order valence-corrected chi connectivity index (χ0v) is 20.2. The van der Waals surface area contributed by atoms with Crippen molar-refractivity contribution in [1.29, 1.82) is 0 Å². The summed E-state index contributed by atoms with van der Waals surface area (Å²) in [6.07, 6.45) is 2.12. The molecule has 3 aromatic rings. The van der Waals surface area contributed by atoms with Crippen molar-refractivity contribution < 1.29 is 27.2 Å². The van der Waals surface area contributed by atoms with Crippen LogP contribution in [0.2, 0.25) is 0 Å².